The van der Waals surface area contributed by atoms with Gasteiger partial charge in [0.15, 0.2) is 0 Å². The maximum Gasteiger partial charge on any atom is 0.226 e. The van der Waals surface area contributed by atoms with Crippen LogP contribution in [0.5, 0.6) is 0 Å². The van der Waals surface area contributed by atoms with Crippen molar-refractivity contribution in [2.24, 2.45) is 0 Å². The normalized spacial score (nSPS) is 18.2. The molecule has 0 saturated carbocycles. The third-order valence-electron chi connectivity index (χ3n) is 3.61. The fraction of sp³-hybridized carbons (Fsp3) is 0.471. The topological polar surface area (TPSA) is 44.5 Å². The molecule has 1 aliphatic heterocycles. The van der Waals surface area contributed by atoms with Gasteiger partial charge in [-0.25, -0.2) is 4.98 Å². The Morgan fingerprint density at radius 2 is 2.33 bits per heavy atom. The number of aryl methyl sites for hydroxylation is 1. The summed E-state index contributed by atoms with van der Waals surface area (Å²) in [5.41, 5.74) is 3.15. The van der Waals surface area contributed by atoms with Gasteiger partial charge in [0.25, 0.3) is 0 Å². The molecule has 1 aromatic heterocycles. The summed E-state index contributed by atoms with van der Waals surface area (Å²) in [7, 11) is 0. The number of hydrogen-bond donors (Lipinski definition) is 0. The van der Waals surface area contributed by atoms with Crippen molar-refractivity contribution >= 4 is 0 Å². The van der Waals surface area contributed by atoms with E-state index in [-0.39, 0.29) is 6.10 Å². The minimum absolute atomic E-state index is 0.228. The Hall–Kier alpha value is -1.65. The van der Waals surface area contributed by atoms with Crippen LogP contribution in [0, 0.1) is 0 Å². The molecule has 1 atom stereocenters. The average Bonchev–Trinajstić information content (AvgIpc) is 3.17. The second-order valence-electron chi connectivity index (χ2n) is 5.39. The summed E-state index contributed by atoms with van der Waals surface area (Å²) in [6.07, 6.45) is 4.99. The highest BCUT2D eigenvalue weighted by molar-refractivity contribution is 5.54. The number of rotatable bonds is 6. The number of hydrogen-bond acceptors (Lipinski definition) is 4. The zero-order chi connectivity index (χ0) is 14.5. The van der Waals surface area contributed by atoms with Crippen LogP contribution in [0.25, 0.3) is 11.5 Å². The molecule has 21 heavy (non-hydrogen) atoms. The van der Waals surface area contributed by atoms with Gasteiger partial charge in [-0.1, -0.05) is 25.5 Å². The molecule has 112 valence electrons. The fourth-order valence-electron chi connectivity index (χ4n) is 2.46. The van der Waals surface area contributed by atoms with Gasteiger partial charge in [0.05, 0.1) is 25.0 Å². The van der Waals surface area contributed by atoms with Crippen LogP contribution in [-0.4, -0.2) is 24.3 Å². The lowest BCUT2D eigenvalue weighted by atomic mass is 10.1. The third kappa shape index (κ3) is 3.71. The van der Waals surface area contributed by atoms with Gasteiger partial charge >= 0.3 is 0 Å². The molecule has 0 radical (unpaired) electrons. The van der Waals surface area contributed by atoms with Crippen LogP contribution in [-0.2, 0) is 22.5 Å². The zero-order valence-electron chi connectivity index (χ0n) is 12.4. The minimum atomic E-state index is 0.228. The van der Waals surface area contributed by atoms with E-state index in [1.54, 1.807) is 6.26 Å². The Labute approximate surface area is 125 Å². The number of oxazole rings is 1. The largest absolute Gasteiger partial charge is 0.444 e. The molecule has 0 N–H and O–H groups in total. The number of ether oxygens (including phenoxy) is 2. The summed E-state index contributed by atoms with van der Waals surface area (Å²) < 4.78 is 16.7. The first-order valence-corrected chi connectivity index (χ1v) is 7.58. The number of aromatic nitrogens is 1. The predicted molar refractivity (Wildman–Crippen MR) is 79.9 cm³/mol. The second-order valence-corrected chi connectivity index (χ2v) is 5.39. The molecule has 0 bridgehead atoms. The molecule has 0 amide bonds. The lowest BCUT2D eigenvalue weighted by molar-refractivity contribution is 0.0318. The summed E-state index contributed by atoms with van der Waals surface area (Å²) in [6, 6.07) is 8.18. The first-order chi connectivity index (χ1) is 10.3. The summed E-state index contributed by atoms with van der Waals surface area (Å²) in [4.78, 5) is 4.52. The standard InChI is InChI=1S/C17H21NO3/c1-2-4-15-11-21-17(18-15)14-6-3-5-13(9-14)10-20-16-7-8-19-12-16/h3,5-6,9,11,16H,2,4,7-8,10,12H2,1H3. The highest BCUT2D eigenvalue weighted by atomic mass is 16.5. The van der Waals surface area contributed by atoms with Crippen molar-refractivity contribution < 1.29 is 13.9 Å². The Bertz CT molecular complexity index is 573. The Morgan fingerprint density at radius 3 is 3.14 bits per heavy atom. The Kier molecular flexibility index (Phi) is 4.68. The van der Waals surface area contributed by atoms with E-state index in [1.807, 2.05) is 12.1 Å². The van der Waals surface area contributed by atoms with Crippen molar-refractivity contribution in [1.29, 1.82) is 0 Å². The van der Waals surface area contributed by atoms with Gasteiger partial charge in [-0.2, -0.15) is 0 Å². The first-order valence-electron chi connectivity index (χ1n) is 7.58. The number of nitrogens with zero attached hydrogens (tertiary/aromatic N) is 1. The third-order valence-corrected chi connectivity index (χ3v) is 3.61. The van der Waals surface area contributed by atoms with Crippen molar-refractivity contribution in [1.82, 2.24) is 4.98 Å². The highest BCUT2D eigenvalue weighted by Crippen LogP contribution is 2.21. The average molecular weight is 287 g/mol. The van der Waals surface area contributed by atoms with Gasteiger partial charge in [0.2, 0.25) is 5.89 Å². The quantitative estimate of drug-likeness (QED) is 0.814. The second kappa shape index (κ2) is 6.87. The lowest BCUT2D eigenvalue weighted by Gasteiger charge is -2.10. The first kappa shape index (κ1) is 14.3. The van der Waals surface area contributed by atoms with Gasteiger partial charge in [-0.3, -0.25) is 0 Å². The highest BCUT2D eigenvalue weighted by Gasteiger charge is 2.16. The van der Waals surface area contributed by atoms with Crippen LogP contribution in [0.4, 0.5) is 0 Å². The molecule has 1 aromatic carbocycles. The van der Waals surface area contributed by atoms with Crippen molar-refractivity contribution in [2.45, 2.75) is 38.9 Å². The monoisotopic (exact) mass is 287 g/mol. The van der Waals surface area contributed by atoms with Crippen molar-refractivity contribution in [3.8, 4) is 11.5 Å². The number of benzene rings is 1. The lowest BCUT2D eigenvalue weighted by Crippen LogP contribution is -2.11. The van der Waals surface area contributed by atoms with Crippen molar-refractivity contribution in [3.05, 3.63) is 41.8 Å². The van der Waals surface area contributed by atoms with E-state index in [0.29, 0.717) is 19.1 Å². The van der Waals surface area contributed by atoms with E-state index in [2.05, 4.69) is 24.0 Å². The van der Waals surface area contributed by atoms with E-state index < -0.39 is 0 Å². The molecule has 0 spiro atoms. The molecule has 0 aliphatic carbocycles. The van der Waals surface area contributed by atoms with Gasteiger partial charge in [-0.15, -0.1) is 0 Å². The van der Waals surface area contributed by atoms with E-state index in [1.165, 1.54) is 0 Å². The van der Waals surface area contributed by atoms with Crippen LogP contribution in [0.3, 0.4) is 0 Å². The van der Waals surface area contributed by atoms with E-state index in [4.69, 9.17) is 13.9 Å². The molecular weight excluding hydrogens is 266 g/mol. The molecule has 1 aliphatic rings. The van der Waals surface area contributed by atoms with Gasteiger partial charge in [0.1, 0.15) is 6.26 Å². The zero-order valence-corrected chi connectivity index (χ0v) is 12.4. The van der Waals surface area contributed by atoms with Crippen LogP contribution < -0.4 is 0 Å². The molecule has 1 fully saturated rings. The van der Waals surface area contributed by atoms with E-state index in [9.17, 15) is 0 Å². The molecule has 4 heteroatoms. The van der Waals surface area contributed by atoms with Gasteiger partial charge < -0.3 is 13.9 Å². The molecule has 1 saturated heterocycles. The minimum Gasteiger partial charge on any atom is -0.444 e. The van der Waals surface area contributed by atoms with Crippen LogP contribution in [0.1, 0.15) is 31.0 Å². The van der Waals surface area contributed by atoms with Crippen LogP contribution in [0.15, 0.2) is 34.9 Å². The molecule has 3 rings (SSSR count). The molecule has 1 unspecified atom stereocenters. The van der Waals surface area contributed by atoms with E-state index >= 15 is 0 Å². The molecule has 4 nitrogen and oxygen atoms in total. The predicted octanol–water partition coefficient (Wildman–Crippen LogP) is 3.60. The summed E-state index contributed by atoms with van der Waals surface area (Å²) in [6.45, 7) is 4.25. The van der Waals surface area contributed by atoms with Gasteiger partial charge in [-0.05, 0) is 30.5 Å². The van der Waals surface area contributed by atoms with E-state index in [0.717, 1.165) is 42.7 Å². The summed E-state index contributed by atoms with van der Waals surface area (Å²) in [5, 5.41) is 0. The molecular formula is C17H21NO3. The van der Waals surface area contributed by atoms with Crippen molar-refractivity contribution in [2.75, 3.05) is 13.2 Å². The summed E-state index contributed by atoms with van der Waals surface area (Å²) >= 11 is 0. The maximum absolute atomic E-state index is 5.85. The van der Waals surface area contributed by atoms with Crippen molar-refractivity contribution in [3.63, 3.8) is 0 Å². The maximum atomic E-state index is 5.85. The molecule has 2 aromatic rings. The fourth-order valence-corrected chi connectivity index (χ4v) is 2.46. The smallest absolute Gasteiger partial charge is 0.226 e. The summed E-state index contributed by atoms with van der Waals surface area (Å²) in [5.74, 6) is 0.685. The SMILES string of the molecule is CCCc1coc(-c2cccc(COC3CCOC3)c2)n1. The Morgan fingerprint density at radius 1 is 1.38 bits per heavy atom. The van der Waals surface area contributed by atoms with Gasteiger partial charge in [0, 0.05) is 12.2 Å². The Balaban J connectivity index is 1.66. The van der Waals surface area contributed by atoms with Crippen LogP contribution >= 0.6 is 0 Å². The van der Waals surface area contributed by atoms with Crippen LogP contribution in [0.2, 0.25) is 0 Å². The molecule has 2 heterocycles.